The lowest BCUT2D eigenvalue weighted by molar-refractivity contribution is -0.122. The smallest absolute Gasteiger partial charge is 0.257 e. The number of halogens is 3. The second-order valence-corrected chi connectivity index (χ2v) is 8.62. The van der Waals surface area contributed by atoms with Crippen LogP contribution in [0.1, 0.15) is 22.3 Å². The molecule has 4 rings (SSSR count). The third-order valence-corrected chi connectivity index (χ3v) is 6.13. The first-order chi connectivity index (χ1) is 15.3. The fourth-order valence-corrected chi connectivity index (χ4v) is 4.07. The largest absolute Gasteiger partial charge is 0.322 e. The molecular formula is C24H17BrClFN2O3. The second kappa shape index (κ2) is 9.22. The molecule has 0 N–H and O–H groups in total. The third-order valence-electron chi connectivity index (χ3n) is 5.23. The van der Waals surface area contributed by atoms with Gasteiger partial charge in [-0.2, -0.15) is 0 Å². The zero-order chi connectivity index (χ0) is 22.8. The summed E-state index contributed by atoms with van der Waals surface area (Å²) >= 11 is 9.63. The van der Waals surface area contributed by atoms with Gasteiger partial charge in [-0.1, -0.05) is 45.7 Å². The van der Waals surface area contributed by atoms with E-state index in [1.807, 2.05) is 0 Å². The highest BCUT2D eigenvalue weighted by molar-refractivity contribution is 9.10. The van der Waals surface area contributed by atoms with Crippen molar-refractivity contribution >= 4 is 50.9 Å². The Morgan fingerprint density at radius 2 is 1.69 bits per heavy atom. The van der Waals surface area contributed by atoms with Gasteiger partial charge in [-0.05, 0) is 60.2 Å². The Bertz CT molecular complexity index is 1180. The first kappa shape index (κ1) is 22.2. The maximum atomic E-state index is 13.4. The number of hydrogen-bond donors (Lipinski definition) is 0. The number of carbonyl (C=O) groups is 3. The maximum Gasteiger partial charge on any atom is 0.257 e. The molecule has 3 aromatic rings. The average Bonchev–Trinajstić information content (AvgIpc) is 3.07. The summed E-state index contributed by atoms with van der Waals surface area (Å²) in [4.78, 5) is 41.9. The highest BCUT2D eigenvalue weighted by atomic mass is 79.9. The van der Waals surface area contributed by atoms with E-state index in [0.29, 0.717) is 16.3 Å². The average molecular weight is 516 g/mol. The summed E-state index contributed by atoms with van der Waals surface area (Å²) in [7, 11) is 0. The third kappa shape index (κ3) is 4.45. The van der Waals surface area contributed by atoms with Crippen LogP contribution in [0.4, 0.5) is 10.1 Å². The standard InChI is InChI=1S/C24H17BrClFN2O3/c25-17-7-11-19(12-8-17)29-22(30)13-21(24(29)32)28(14-16-3-1-2-4-20(16)26)23(31)15-5-9-18(27)10-6-15/h1-12,21H,13-14H2. The van der Waals surface area contributed by atoms with Crippen LogP contribution in [0, 0.1) is 5.82 Å². The van der Waals surface area contributed by atoms with Crippen LogP contribution in [0.3, 0.4) is 0 Å². The molecule has 162 valence electrons. The normalized spacial score (nSPS) is 15.8. The van der Waals surface area contributed by atoms with Crippen molar-refractivity contribution < 1.29 is 18.8 Å². The number of carbonyl (C=O) groups excluding carboxylic acids is 3. The molecule has 0 aliphatic carbocycles. The van der Waals surface area contributed by atoms with Gasteiger partial charge in [0, 0.05) is 21.6 Å². The molecule has 3 aromatic carbocycles. The molecule has 5 nitrogen and oxygen atoms in total. The lowest BCUT2D eigenvalue weighted by atomic mass is 10.1. The Morgan fingerprint density at radius 3 is 2.34 bits per heavy atom. The summed E-state index contributed by atoms with van der Waals surface area (Å²) in [5.41, 5.74) is 1.27. The van der Waals surface area contributed by atoms with Crippen LogP contribution in [0.2, 0.25) is 5.02 Å². The zero-order valence-corrected chi connectivity index (χ0v) is 19.0. The molecule has 1 aliphatic heterocycles. The maximum absolute atomic E-state index is 13.4. The van der Waals surface area contributed by atoms with Gasteiger partial charge in [-0.15, -0.1) is 0 Å². The van der Waals surface area contributed by atoms with Crippen molar-refractivity contribution in [3.05, 3.63) is 99.2 Å². The molecule has 3 amide bonds. The van der Waals surface area contributed by atoms with E-state index in [1.165, 1.54) is 29.2 Å². The number of rotatable bonds is 5. The summed E-state index contributed by atoms with van der Waals surface area (Å²) < 4.78 is 14.2. The number of imide groups is 1. The van der Waals surface area contributed by atoms with Gasteiger partial charge >= 0.3 is 0 Å². The molecule has 0 aromatic heterocycles. The van der Waals surface area contributed by atoms with Crippen LogP contribution < -0.4 is 4.90 Å². The Kier molecular flexibility index (Phi) is 6.39. The van der Waals surface area contributed by atoms with Crippen LogP contribution in [0.5, 0.6) is 0 Å². The van der Waals surface area contributed by atoms with E-state index in [1.54, 1.807) is 48.5 Å². The Labute approximate surface area is 197 Å². The minimum Gasteiger partial charge on any atom is -0.322 e. The van der Waals surface area contributed by atoms with Crippen molar-refractivity contribution in [2.75, 3.05) is 4.90 Å². The molecule has 0 radical (unpaired) electrons. The van der Waals surface area contributed by atoms with E-state index in [9.17, 15) is 18.8 Å². The van der Waals surface area contributed by atoms with Crippen molar-refractivity contribution in [2.24, 2.45) is 0 Å². The summed E-state index contributed by atoms with van der Waals surface area (Å²) in [5.74, 6) is -1.88. The zero-order valence-electron chi connectivity index (χ0n) is 16.7. The molecule has 1 aliphatic rings. The number of nitrogens with zero attached hydrogens (tertiary/aromatic N) is 2. The molecule has 32 heavy (non-hydrogen) atoms. The quantitative estimate of drug-likeness (QED) is 0.438. The molecule has 1 unspecified atom stereocenters. The Morgan fingerprint density at radius 1 is 1.03 bits per heavy atom. The summed E-state index contributed by atoms with van der Waals surface area (Å²) in [6.45, 7) is 0.0216. The van der Waals surface area contributed by atoms with Gasteiger partial charge in [0.15, 0.2) is 0 Å². The lowest BCUT2D eigenvalue weighted by Gasteiger charge is -2.28. The minimum absolute atomic E-state index is 0.0216. The van der Waals surface area contributed by atoms with Crippen LogP contribution in [0.15, 0.2) is 77.3 Å². The summed E-state index contributed by atoms with van der Waals surface area (Å²) in [6, 6.07) is 17.8. The van der Waals surface area contributed by atoms with E-state index in [-0.39, 0.29) is 18.5 Å². The van der Waals surface area contributed by atoms with Gasteiger partial charge < -0.3 is 4.90 Å². The van der Waals surface area contributed by atoms with Crippen molar-refractivity contribution in [1.82, 2.24) is 4.90 Å². The van der Waals surface area contributed by atoms with Crippen molar-refractivity contribution in [1.29, 1.82) is 0 Å². The van der Waals surface area contributed by atoms with Gasteiger partial charge in [0.1, 0.15) is 11.9 Å². The van der Waals surface area contributed by atoms with Crippen LogP contribution in [-0.4, -0.2) is 28.7 Å². The van der Waals surface area contributed by atoms with Gasteiger partial charge in [-0.25, -0.2) is 9.29 Å². The molecule has 0 saturated carbocycles. The molecule has 1 saturated heterocycles. The molecule has 1 heterocycles. The highest BCUT2D eigenvalue weighted by Crippen LogP contribution is 2.29. The molecule has 8 heteroatoms. The van der Waals surface area contributed by atoms with Crippen LogP contribution >= 0.6 is 27.5 Å². The van der Waals surface area contributed by atoms with Gasteiger partial charge in [0.25, 0.3) is 11.8 Å². The number of amides is 3. The van der Waals surface area contributed by atoms with Crippen LogP contribution in [-0.2, 0) is 16.1 Å². The summed E-state index contributed by atoms with van der Waals surface area (Å²) in [5, 5.41) is 0.436. The monoisotopic (exact) mass is 514 g/mol. The van der Waals surface area contributed by atoms with Crippen molar-refractivity contribution in [3.8, 4) is 0 Å². The summed E-state index contributed by atoms with van der Waals surface area (Å²) in [6.07, 6.45) is -0.160. The fraction of sp³-hybridized carbons (Fsp3) is 0.125. The Balaban J connectivity index is 1.70. The molecular weight excluding hydrogens is 499 g/mol. The van der Waals surface area contributed by atoms with Crippen molar-refractivity contribution in [2.45, 2.75) is 19.0 Å². The van der Waals surface area contributed by atoms with Crippen LogP contribution in [0.25, 0.3) is 0 Å². The molecule has 0 bridgehead atoms. The number of benzene rings is 3. The number of anilines is 1. The SMILES string of the molecule is O=C1CC(N(Cc2ccccc2Cl)C(=O)c2ccc(F)cc2)C(=O)N1c1ccc(Br)cc1. The van der Waals surface area contributed by atoms with E-state index in [4.69, 9.17) is 11.6 Å². The molecule has 1 atom stereocenters. The molecule has 1 fully saturated rings. The van der Waals surface area contributed by atoms with E-state index in [0.717, 1.165) is 9.37 Å². The first-order valence-corrected chi connectivity index (χ1v) is 10.9. The lowest BCUT2D eigenvalue weighted by Crippen LogP contribution is -2.45. The van der Waals surface area contributed by atoms with Crippen molar-refractivity contribution in [3.63, 3.8) is 0 Å². The minimum atomic E-state index is -1.01. The second-order valence-electron chi connectivity index (χ2n) is 7.30. The van der Waals surface area contributed by atoms with E-state index in [2.05, 4.69) is 15.9 Å². The Hall–Kier alpha value is -3.03. The van der Waals surface area contributed by atoms with E-state index >= 15 is 0 Å². The predicted octanol–water partition coefficient (Wildman–Crippen LogP) is 5.22. The number of hydrogen-bond acceptors (Lipinski definition) is 3. The topological polar surface area (TPSA) is 57.7 Å². The fourth-order valence-electron chi connectivity index (χ4n) is 3.61. The predicted molar refractivity (Wildman–Crippen MR) is 123 cm³/mol. The highest BCUT2D eigenvalue weighted by Gasteiger charge is 2.44. The van der Waals surface area contributed by atoms with E-state index < -0.39 is 29.6 Å². The van der Waals surface area contributed by atoms with Gasteiger partial charge in [0.2, 0.25) is 5.91 Å². The van der Waals surface area contributed by atoms with Gasteiger partial charge in [-0.3, -0.25) is 14.4 Å². The van der Waals surface area contributed by atoms with Gasteiger partial charge in [0.05, 0.1) is 12.1 Å². The molecule has 0 spiro atoms. The first-order valence-electron chi connectivity index (χ1n) is 9.77.